The first-order valence-corrected chi connectivity index (χ1v) is 7.91. The average molecular weight is 303 g/mol. The van der Waals surface area contributed by atoms with Gasteiger partial charge in [0.25, 0.3) is 0 Å². The highest BCUT2D eigenvalue weighted by Crippen LogP contribution is 2.21. The normalized spacial score (nSPS) is 23.1. The van der Waals surface area contributed by atoms with Gasteiger partial charge in [-0.05, 0) is 17.9 Å². The van der Waals surface area contributed by atoms with Gasteiger partial charge in [0.1, 0.15) is 6.04 Å². The molecular weight excluding hydrogens is 278 g/mol. The minimum atomic E-state index is -0.484. The van der Waals surface area contributed by atoms with Crippen LogP contribution in [0.15, 0.2) is 30.3 Å². The summed E-state index contributed by atoms with van der Waals surface area (Å²) in [6, 6.07) is 9.23. The quantitative estimate of drug-likeness (QED) is 0.864. The van der Waals surface area contributed by atoms with Crippen LogP contribution in [0.25, 0.3) is 0 Å². The van der Waals surface area contributed by atoms with Crippen molar-refractivity contribution in [1.29, 1.82) is 0 Å². The Morgan fingerprint density at radius 2 is 2.05 bits per heavy atom. The van der Waals surface area contributed by atoms with Gasteiger partial charge in [-0.3, -0.25) is 14.9 Å². The molecule has 1 saturated heterocycles. The van der Waals surface area contributed by atoms with E-state index in [1.54, 1.807) is 0 Å². The summed E-state index contributed by atoms with van der Waals surface area (Å²) in [6.07, 6.45) is 1.38. The number of nitrogens with zero attached hydrogens (tertiary/aromatic N) is 1. The fraction of sp³-hybridized carbons (Fsp3) is 0.529. The third kappa shape index (κ3) is 3.85. The van der Waals surface area contributed by atoms with Gasteiger partial charge < -0.3 is 10.6 Å². The second-order valence-electron chi connectivity index (χ2n) is 5.98. The molecule has 0 radical (unpaired) electrons. The molecule has 0 spiro atoms. The molecule has 3 atom stereocenters. The number of carbonyl (C=O) groups excluding carboxylic acids is 2. The first-order chi connectivity index (χ1) is 10.5. The van der Waals surface area contributed by atoms with Gasteiger partial charge in [0, 0.05) is 25.6 Å². The van der Waals surface area contributed by atoms with Gasteiger partial charge in [0.15, 0.2) is 0 Å². The van der Waals surface area contributed by atoms with Gasteiger partial charge in [-0.15, -0.1) is 0 Å². The summed E-state index contributed by atoms with van der Waals surface area (Å²) >= 11 is 0. The van der Waals surface area contributed by atoms with Gasteiger partial charge in [-0.1, -0.05) is 44.2 Å². The van der Waals surface area contributed by atoms with Gasteiger partial charge >= 0.3 is 0 Å². The number of nitrogens with two attached hydrogens (primary N) is 1. The second-order valence-corrected chi connectivity index (χ2v) is 5.98. The van der Waals surface area contributed by atoms with Crippen molar-refractivity contribution >= 4 is 11.8 Å². The fourth-order valence-corrected chi connectivity index (χ4v) is 3.05. The summed E-state index contributed by atoms with van der Waals surface area (Å²) in [5, 5.41) is 3.39. The molecule has 0 unspecified atom stereocenters. The zero-order valence-corrected chi connectivity index (χ0v) is 13.3. The highest BCUT2D eigenvalue weighted by molar-refractivity contribution is 5.81. The van der Waals surface area contributed by atoms with Gasteiger partial charge in [0.05, 0.1) is 0 Å². The van der Waals surface area contributed by atoms with Crippen LogP contribution in [0.3, 0.4) is 0 Å². The summed E-state index contributed by atoms with van der Waals surface area (Å²) in [7, 11) is 0. The van der Waals surface area contributed by atoms with E-state index >= 15 is 0 Å². The lowest BCUT2D eigenvalue weighted by Crippen LogP contribution is -2.52. The van der Waals surface area contributed by atoms with Gasteiger partial charge in [0.2, 0.25) is 11.8 Å². The number of primary amides is 1. The molecule has 1 fully saturated rings. The van der Waals surface area contributed by atoms with Crippen molar-refractivity contribution in [2.24, 2.45) is 11.7 Å². The molecule has 0 aliphatic carbocycles. The van der Waals surface area contributed by atoms with E-state index in [1.165, 1.54) is 0 Å². The summed E-state index contributed by atoms with van der Waals surface area (Å²) in [5.41, 5.74) is 6.45. The summed E-state index contributed by atoms with van der Waals surface area (Å²) in [4.78, 5) is 25.5. The third-order valence-corrected chi connectivity index (χ3v) is 4.36. The Hall–Kier alpha value is -1.88. The number of carbonyl (C=O) groups is 2. The number of rotatable bonds is 5. The van der Waals surface area contributed by atoms with Crippen LogP contribution >= 0.6 is 0 Å². The van der Waals surface area contributed by atoms with Crippen LogP contribution in [0.4, 0.5) is 0 Å². The maximum absolute atomic E-state index is 11.8. The Balaban J connectivity index is 2.03. The zero-order chi connectivity index (χ0) is 16.1. The molecular formula is C17H25N3O2. The Labute approximate surface area is 131 Å². The molecule has 0 bridgehead atoms. The number of amides is 2. The SMILES string of the molecule is CCC(=O)N1CC[C@H](N[C@H](C(N)=O)c2ccccc2)[C@H](C)C1. The molecule has 2 rings (SSSR count). The summed E-state index contributed by atoms with van der Waals surface area (Å²) in [6.45, 7) is 5.45. The number of nitrogens with one attached hydrogen (secondary N) is 1. The molecule has 22 heavy (non-hydrogen) atoms. The Bertz CT molecular complexity index is 518. The van der Waals surface area contributed by atoms with Crippen molar-refractivity contribution in [2.45, 2.75) is 38.8 Å². The van der Waals surface area contributed by atoms with E-state index in [4.69, 9.17) is 5.73 Å². The standard InChI is InChI=1S/C17H25N3O2/c1-3-15(21)20-10-9-14(12(2)11-20)19-16(17(18)22)13-7-5-4-6-8-13/h4-8,12,14,16,19H,3,9-11H2,1-2H3,(H2,18,22)/t12-,14+,16+/m1/s1. The first-order valence-electron chi connectivity index (χ1n) is 7.91. The molecule has 1 aromatic carbocycles. The smallest absolute Gasteiger partial charge is 0.239 e. The fourth-order valence-electron chi connectivity index (χ4n) is 3.05. The predicted octanol–water partition coefficient (Wildman–Crippen LogP) is 1.45. The van der Waals surface area contributed by atoms with Crippen molar-refractivity contribution in [1.82, 2.24) is 10.2 Å². The van der Waals surface area contributed by atoms with Crippen LogP contribution in [0.2, 0.25) is 0 Å². The molecule has 5 heteroatoms. The lowest BCUT2D eigenvalue weighted by molar-refractivity contribution is -0.133. The van der Waals surface area contributed by atoms with E-state index in [0.717, 1.165) is 25.1 Å². The lowest BCUT2D eigenvalue weighted by atomic mass is 9.92. The minimum Gasteiger partial charge on any atom is -0.368 e. The van der Waals surface area contributed by atoms with Crippen LogP contribution in [-0.2, 0) is 9.59 Å². The molecule has 1 aromatic rings. The minimum absolute atomic E-state index is 0.179. The molecule has 120 valence electrons. The lowest BCUT2D eigenvalue weighted by Gasteiger charge is -2.38. The average Bonchev–Trinajstić information content (AvgIpc) is 2.53. The molecule has 1 aliphatic heterocycles. The first kappa shape index (κ1) is 16.5. The maximum atomic E-state index is 11.8. The largest absolute Gasteiger partial charge is 0.368 e. The van der Waals surface area contributed by atoms with Crippen LogP contribution < -0.4 is 11.1 Å². The van der Waals surface area contributed by atoms with E-state index in [1.807, 2.05) is 42.2 Å². The van der Waals surface area contributed by atoms with Crippen LogP contribution in [0.1, 0.15) is 38.3 Å². The summed E-state index contributed by atoms with van der Waals surface area (Å²) < 4.78 is 0. The monoisotopic (exact) mass is 303 g/mol. The van der Waals surface area contributed by atoms with Gasteiger partial charge in [-0.2, -0.15) is 0 Å². The molecule has 3 N–H and O–H groups in total. The van der Waals surface area contributed by atoms with Crippen molar-refractivity contribution in [3.05, 3.63) is 35.9 Å². The Morgan fingerprint density at radius 1 is 1.36 bits per heavy atom. The molecule has 1 aliphatic rings. The maximum Gasteiger partial charge on any atom is 0.239 e. The van der Waals surface area contributed by atoms with Crippen molar-refractivity contribution in [2.75, 3.05) is 13.1 Å². The molecule has 0 aromatic heterocycles. The van der Waals surface area contributed by atoms with Crippen molar-refractivity contribution < 1.29 is 9.59 Å². The highest BCUT2D eigenvalue weighted by Gasteiger charge is 2.31. The van der Waals surface area contributed by atoms with Crippen LogP contribution in [0.5, 0.6) is 0 Å². The number of hydrogen-bond acceptors (Lipinski definition) is 3. The Morgan fingerprint density at radius 3 is 2.59 bits per heavy atom. The molecule has 1 heterocycles. The molecule has 0 saturated carbocycles. The van der Waals surface area contributed by atoms with E-state index in [0.29, 0.717) is 6.42 Å². The zero-order valence-electron chi connectivity index (χ0n) is 13.3. The Kier molecular flexibility index (Phi) is 5.55. The van der Waals surface area contributed by atoms with Crippen molar-refractivity contribution in [3.63, 3.8) is 0 Å². The third-order valence-electron chi connectivity index (χ3n) is 4.36. The van der Waals surface area contributed by atoms with Crippen LogP contribution in [0, 0.1) is 5.92 Å². The number of benzene rings is 1. The van der Waals surface area contributed by atoms with E-state index < -0.39 is 6.04 Å². The second kappa shape index (κ2) is 7.40. The number of piperidine rings is 1. The number of likely N-dealkylation sites (tertiary alicyclic amines) is 1. The van der Waals surface area contributed by atoms with Gasteiger partial charge in [-0.25, -0.2) is 0 Å². The molecule has 2 amide bonds. The summed E-state index contributed by atoms with van der Waals surface area (Å²) in [5.74, 6) is 0.111. The van der Waals surface area contributed by atoms with E-state index in [-0.39, 0.29) is 23.8 Å². The topological polar surface area (TPSA) is 75.4 Å². The highest BCUT2D eigenvalue weighted by atomic mass is 16.2. The predicted molar refractivity (Wildman–Crippen MR) is 86.0 cm³/mol. The van der Waals surface area contributed by atoms with E-state index in [9.17, 15) is 9.59 Å². The number of hydrogen-bond donors (Lipinski definition) is 2. The van der Waals surface area contributed by atoms with E-state index in [2.05, 4.69) is 12.2 Å². The van der Waals surface area contributed by atoms with Crippen molar-refractivity contribution in [3.8, 4) is 0 Å². The van der Waals surface area contributed by atoms with Crippen LogP contribution in [-0.4, -0.2) is 35.8 Å². The molecule has 5 nitrogen and oxygen atoms in total.